The number of benzene rings is 2. The molecule has 222 valence electrons. The van der Waals surface area contributed by atoms with E-state index >= 15 is 0 Å². The molecule has 0 saturated carbocycles. The summed E-state index contributed by atoms with van der Waals surface area (Å²) >= 11 is 1.15. The molecule has 0 aliphatic carbocycles. The van der Waals surface area contributed by atoms with Crippen LogP contribution in [0.15, 0.2) is 64.2 Å². The molecule has 14 heteroatoms. The molecule has 0 bridgehead atoms. The summed E-state index contributed by atoms with van der Waals surface area (Å²) < 4.78 is 41.4. The van der Waals surface area contributed by atoms with Gasteiger partial charge >= 0.3 is 11.8 Å². The molecule has 0 aliphatic heterocycles. The summed E-state index contributed by atoms with van der Waals surface area (Å²) in [6.45, 7) is -0.186. The van der Waals surface area contributed by atoms with Crippen molar-refractivity contribution in [1.29, 1.82) is 0 Å². The Morgan fingerprint density at radius 3 is 2.26 bits per heavy atom. The summed E-state index contributed by atoms with van der Waals surface area (Å²) in [5.74, 6) is -1.58. The maximum atomic E-state index is 14.8. The number of aromatic nitrogens is 4. The van der Waals surface area contributed by atoms with Crippen molar-refractivity contribution in [1.82, 2.24) is 24.2 Å². The maximum Gasteiger partial charge on any atom is 0.411 e. The third-order valence-corrected chi connectivity index (χ3v) is 7.87. The first-order valence-corrected chi connectivity index (χ1v) is 13.7. The van der Waals surface area contributed by atoms with Crippen molar-refractivity contribution in [3.8, 4) is 22.1 Å². The highest BCUT2D eigenvalue weighted by atomic mass is 32.1. The zero-order chi connectivity index (χ0) is 30.8. The Labute approximate surface area is 247 Å². The first-order chi connectivity index (χ1) is 20.6. The predicted octanol–water partition coefficient (Wildman–Crippen LogP) is 4.25. The lowest BCUT2D eigenvalue weighted by Gasteiger charge is -2.14. The van der Waals surface area contributed by atoms with Crippen molar-refractivity contribution in [2.75, 3.05) is 33.6 Å². The van der Waals surface area contributed by atoms with E-state index in [1.807, 2.05) is 19.0 Å². The van der Waals surface area contributed by atoms with E-state index in [4.69, 9.17) is 4.74 Å². The summed E-state index contributed by atoms with van der Waals surface area (Å²) in [5.41, 5.74) is -0.0617. The minimum absolute atomic E-state index is 0.0813. The van der Waals surface area contributed by atoms with E-state index in [9.17, 15) is 23.2 Å². The third-order valence-electron chi connectivity index (χ3n) is 6.57. The first-order valence-electron chi connectivity index (χ1n) is 12.8. The summed E-state index contributed by atoms with van der Waals surface area (Å²) in [5, 5.41) is 10.7. The molecule has 0 atom stereocenters. The number of methoxy groups -OCH3 is 2. The molecule has 0 unspecified atom stereocenters. The highest BCUT2D eigenvalue weighted by Crippen LogP contribution is 2.38. The Bertz CT molecular complexity index is 1920. The van der Waals surface area contributed by atoms with Gasteiger partial charge in [-0.25, -0.2) is 22.9 Å². The molecule has 0 spiro atoms. The van der Waals surface area contributed by atoms with Crippen LogP contribution < -0.4 is 21.3 Å². The van der Waals surface area contributed by atoms with Crippen LogP contribution >= 0.6 is 11.3 Å². The van der Waals surface area contributed by atoms with Crippen molar-refractivity contribution in [3.63, 3.8) is 0 Å². The molecule has 3 heterocycles. The number of amides is 1. The molecule has 0 aliphatic rings. The minimum atomic E-state index is -0.846. The summed E-state index contributed by atoms with van der Waals surface area (Å²) in [7, 11) is 6.31. The van der Waals surface area contributed by atoms with Gasteiger partial charge in [0.25, 0.3) is 5.56 Å². The molecule has 0 radical (unpaired) electrons. The first kappa shape index (κ1) is 29.5. The molecule has 11 nitrogen and oxygen atoms in total. The van der Waals surface area contributed by atoms with Crippen molar-refractivity contribution in [2.45, 2.75) is 13.1 Å². The summed E-state index contributed by atoms with van der Waals surface area (Å²) in [6.07, 6.45) is -0.630. The normalized spacial score (nSPS) is 11.2. The molecule has 1 N–H and O–H groups in total. The monoisotopic (exact) mass is 608 g/mol. The fourth-order valence-electron chi connectivity index (χ4n) is 4.57. The molecule has 5 aromatic rings. The molecule has 1 amide bonds. The number of halogens is 2. The van der Waals surface area contributed by atoms with E-state index in [1.54, 1.807) is 24.3 Å². The van der Waals surface area contributed by atoms with Crippen molar-refractivity contribution in [3.05, 3.63) is 98.2 Å². The van der Waals surface area contributed by atoms with Crippen LogP contribution in [0.2, 0.25) is 0 Å². The van der Waals surface area contributed by atoms with Gasteiger partial charge in [-0.3, -0.25) is 14.7 Å². The van der Waals surface area contributed by atoms with Gasteiger partial charge in [-0.2, -0.15) is 0 Å². The number of nitrogens with one attached hydrogen (secondary N) is 1. The molecule has 0 fully saturated rings. The second-order valence-electron chi connectivity index (χ2n) is 9.66. The van der Waals surface area contributed by atoms with Gasteiger partial charge < -0.3 is 14.4 Å². The number of thiophene rings is 1. The van der Waals surface area contributed by atoms with Crippen molar-refractivity contribution >= 4 is 33.3 Å². The van der Waals surface area contributed by atoms with Gasteiger partial charge in [0.15, 0.2) is 5.82 Å². The summed E-state index contributed by atoms with van der Waals surface area (Å²) in [4.78, 5) is 42.5. The number of hydrogen-bond acceptors (Lipinski definition) is 9. The van der Waals surface area contributed by atoms with E-state index in [0.717, 1.165) is 28.0 Å². The molecule has 43 heavy (non-hydrogen) atoms. The second-order valence-corrected chi connectivity index (χ2v) is 10.7. The van der Waals surface area contributed by atoms with E-state index in [2.05, 4.69) is 20.3 Å². The molecular formula is C29H26F2N6O5S. The Kier molecular flexibility index (Phi) is 8.32. The van der Waals surface area contributed by atoms with Gasteiger partial charge in [-0.1, -0.05) is 18.2 Å². The fraction of sp³-hybridized carbons (Fsp3) is 0.207. The van der Waals surface area contributed by atoms with Gasteiger partial charge in [-0.15, -0.1) is 21.5 Å². The van der Waals surface area contributed by atoms with Crippen molar-refractivity contribution < 1.29 is 23.0 Å². The van der Waals surface area contributed by atoms with Crippen LogP contribution in [0, 0.1) is 11.6 Å². The Morgan fingerprint density at radius 1 is 0.977 bits per heavy atom. The minimum Gasteiger partial charge on any atom is -0.480 e. The van der Waals surface area contributed by atoms with Crippen LogP contribution in [0.5, 0.6) is 5.88 Å². The largest absolute Gasteiger partial charge is 0.480 e. The van der Waals surface area contributed by atoms with Crippen molar-refractivity contribution in [2.24, 2.45) is 0 Å². The Hall–Kier alpha value is -4.95. The lowest BCUT2D eigenvalue weighted by Crippen LogP contribution is -2.39. The Balaban J connectivity index is 1.82. The molecule has 2 aromatic carbocycles. The van der Waals surface area contributed by atoms with Gasteiger partial charge in [0.1, 0.15) is 16.5 Å². The van der Waals surface area contributed by atoms with Crippen LogP contribution in [0.1, 0.15) is 11.1 Å². The van der Waals surface area contributed by atoms with Gasteiger partial charge in [0.2, 0.25) is 5.88 Å². The number of fused-ring (bicyclic) bond motifs is 1. The maximum absolute atomic E-state index is 14.8. The molecule has 3 aromatic heterocycles. The third kappa shape index (κ3) is 5.74. The predicted molar refractivity (Wildman–Crippen MR) is 158 cm³/mol. The van der Waals surface area contributed by atoms with Crippen LogP contribution in [0.3, 0.4) is 0 Å². The van der Waals surface area contributed by atoms with Crippen LogP contribution in [0.4, 0.5) is 19.3 Å². The number of nitrogens with zero attached hydrogens (tertiary/aromatic N) is 5. The number of anilines is 1. The molecular weight excluding hydrogens is 582 g/mol. The fourth-order valence-corrected chi connectivity index (χ4v) is 5.87. The second kappa shape index (κ2) is 12.1. The number of hydrogen-bond donors (Lipinski definition) is 1. The Morgan fingerprint density at radius 2 is 1.67 bits per heavy atom. The van der Waals surface area contributed by atoms with Gasteiger partial charge in [0.05, 0.1) is 26.2 Å². The zero-order valence-electron chi connectivity index (χ0n) is 23.6. The van der Waals surface area contributed by atoms with Crippen LogP contribution in [0.25, 0.3) is 26.5 Å². The lowest BCUT2D eigenvalue weighted by atomic mass is 10.1. The quantitative estimate of drug-likeness (QED) is 0.278. The van der Waals surface area contributed by atoms with Gasteiger partial charge in [-0.05, 0) is 55.6 Å². The smallest absolute Gasteiger partial charge is 0.411 e. The zero-order valence-corrected chi connectivity index (χ0v) is 24.4. The number of rotatable bonds is 8. The standard InChI is InChI=1S/C29H26F2N6O5S/c1-35(2)14-19-24-26(38)37(22-12-13-23(41-3)34-33-22)29(40)36(15-18-20(30)6-5-7-21(18)31)27(24)43-25(19)16-8-10-17(11-9-16)32-28(39)42-4/h5-13H,14-15H2,1-4H3,(H,32,39). The number of carbonyl (C=O) groups excluding carboxylic acids is 1. The molecule has 5 rings (SSSR count). The SMILES string of the molecule is COC(=O)Nc1ccc(-c2sc3c(c2CN(C)C)c(=O)n(-c2ccc(OC)nn2)c(=O)n3Cc2c(F)cccc2F)cc1. The average molecular weight is 609 g/mol. The summed E-state index contributed by atoms with van der Waals surface area (Å²) in [6, 6.07) is 13.1. The highest BCUT2D eigenvalue weighted by molar-refractivity contribution is 7.22. The highest BCUT2D eigenvalue weighted by Gasteiger charge is 2.25. The topological polar surface area (TPSA) is 121 Å². The van der Waals surface area contributed by atoms with E-state index in [1.165, 1.54) is 37.0 Å². The van der Waals surface area contributed by atoms with E-state index in [-0.39, 0.29) is 27.5 Å². The number of carbonyl (C=O) groups is 1. The number of ether oxygens (including phenoxy) is 2. The van der Waals surface area contributed by atoms with E-state index < -0.39 is 35.5 Å². The van der Waals surface area contributed by atoms with Crippen LogP contribution in [-0.2, 0) is 17.8 Å². The lowest BCUT2D eigenvalue weighted by molar-refractivity contribution is 0.187. The van der Waals surface area contributed by atoms with Gasteiger partial charge in [0, 0.05) is 28.7 Å². The average Bonchev–Trinajstić information content (AvgIpc) is 3.35. The van der Waals surface area contributed by atoms with Crippen LogP contribution in [-0.4, -0.2) is 58.6 Å². The van der Waals surface area contributed by atoms with E-state index in [0.29, 0.717) is 28.2 Å². The molecule has 0 saturated heterocycles.